The zero-order valence-electron chi connectivity index (χ0n) is 14.5. The van der Waals surface area contributed by atoms with Crippen molar-refractivity contribution in [1.82, 2.24) is 9.97 Å². The molecule has 3 N–H and O–H groups in total. The number of benzene rings is 3. The van der Waals surface area contributed by atoms with Crippen molar-refractivity contribution in [2.45, 2.75) is 4.90 Å². The van der Waals surface area contributed by atoms with Gasteiger partial charge in [0.2, 0.25) is 0 Å². The number of para-hydroxylation sites is 3. The van der Waals surface area contributed by atoms with Crippen LogP contribution < -0.4 is 4.72 Å². The Morgan fingerprint density at radius 3 is 2.32 bits per heavy atom. The molecule has 0 saturated carbocycles. The Bertz CT molecular complexity index is 1250. The van der Waals surface area contributed by atoms with Crippen molar-refractivity contribution in [3.8, 4) is 11.4 Å². The molecule has 0 radical (unpaired) electrons. The highest BCUT2D eigenvalue weighted by Crippen LogP contribution is 2.29. The summed E-state index contributed by atoms with van der Waals surface area (Å²) in [4.78, 5) is 18.6. The predicted octanol–water partition coefficient (Wildman–Crippen LogP) is 3.73. The molecule has 4 rings (SSSR count). The number of fused-ring (bicyclic) bond motifs is 1. The Hall–Kier alpha value is -3.65. The number of hydrogen-bond donors (Lipinski definition) is 3. The van der Waals surface area contributed by atoms with E-state index in [1.54, 1.807) is 24.3 Å². The lowest BCUT2D eigenvalue weighted by Gasteiger charge is -2.11. The van der Waals surface area contributed by atoms with E-state index in [1.807, 2.05) is 24.3 Å². The van der Waals surface area contributed by atoms with Crippen molar-refractivity contribution in [3.05, 3.63) is 78.4 Å². The topological polar surface area (TPSA) is 112 Å². The quantitative estimate of drug-likeness (QED) is 0.478. The first-order valence-electron chi connectivity index (χ1n) is 8.34. The van der Waals surface area contributed by atoms with E-state index in [2.05, 4.69) is 14.7 Å². The molecule has 1 aromatic heterocycles. The number of sulfonamides is 1. The zero-order valence-corrected chi connectivity index (χ0v) is 15.3. The summed E-state index contributed by atoms with van der Waals surface area (Å²) in [5.41, 5.74) is 2.61. The van der Waals surface area contributed by atoms with Gasteiger partial charge < -0.3 is 10.1 Å². The van der Waals surface area contributed by atoms with Crippen molar-refractivity contribution in [1.29, 1.82) is 0 Å². The first-order chi connectivity index (χ1) is 13.4. The summed E-state index contributed by atoms with van der Waals surface area (Å²) in [6.07, 6.45) is 0. The summed E-state index contributed by atoms with van der Waals surface area (Å²) in [5, 5.41) is 8.96. The number of carboxylic acid groups (broad SMARTS) is 1. The Kier molecular flexibility index (Phi) is 4.32. The minimum Gasteiger partial charge on any atom is -0.478 e. The van der Waals surface area contributed by atoms with E-state index in [1.165, 1.54) is 24.3 Å². The maximum Gasteiger partial charge on any atom is 0.335 e. The second-order valence-corrected chi connectivity index (χ2v) is 7.77. The van der Waals surface area contributed by atoms with Gasteiger partial charge >= 0.3 is 5.97 Å². The number of carboxylic acids is 1. The summed E-state index contributed by atoms with van der Waals surface area (Å²) in [6.45, 7) is 0. The van der Waals surface area contributed by atoms with Crippen LogP contribution in [0.25, 0.3) is 22.4 Å². The average molecular weight is 393 g/mol. The molecular weight excluding hydrogens is 378 g/mol. The van der Waals surface area contributed by atoms with Crippen LogP contribution >= 0.6 is 0 Å². The lowest BCUT2D eigenvalue weighted by Crippen LogP contribution is -2.14. The van der Waals surface area contributed by atoms with Crippen LogP contribution in [0.1, 0.15) is 10.4 Å². The monoisotopic (exact) mass is 393 g/mol. The van der Waals surface area contributed by atoms with E-state index in [-0.39, 0.29) is 10.5 Å². The van der Waals surface area contributed by atoms with E-state index in [4.69, 9.17) is 5.11 Å². The van der Waals surface area contributed by atoms with Crippen molar-refractivity contribution < 1.29 is 18.3 Å². The largest absolute Gasteiger partial charge is 0.478 e. The van der Waals surface area contributed by atoms with Gasteiger partial charge in [0.25, 0.3) is 10.0 Å². The number of aromatic amines is 1. The number of nitrogens with one attached hydrogen (secondary N) is 2. The fraction of sp³-hybridized carbons (Fsp3) is 0. The van der Waals surface area contributed by atoms with E-state index in [0.29, 0.717) is 17.1 Å². The van der Waals surface area contributed by atoms with E-state index < -0.39 is 16.0 Å². The molecule has 0 aliphatic carbocycles. The Morgan fingerprint density at radius 2 is 1.61 bits per heavy atom. The minimum atomic E-state index is -3.90. The van der Waals surface area contributed by atoms with Crippen molar-refractivity contribution in [2.75, 3.05) is 4.72 Å². The van der Waals surface area contributed by atoms with Crippen LogP contribution in [0.15, 0.2) is 77.7 Å². The number of rotatable bonds is 5. The van der Waals surface area contributed by atoms with Crippen LogP contribution in [0, 0.1) is 0 Å². The molecule has 4 aromatic rings. The summed E-state index contributed by atoms with van der Waals surface area (Å²) >= 11 is 0. The lowest BCUT2D eigenvalue weighted by atomic mass is 10.2. The van der Waals surface area contributed by atoms with Crippen LogP contribution in [0.4, 0.5) is 5.69 Å². The van der Waals surface area contributed by atoms with Gasteiger partial charge in [-0.2, -0.15) is 0 Å². The summed E-state index contributed by atoms with van der Waals surface area (Å²) < 4.78 is 28.1. The highest BCUT2D eigenvalue weighted by Gasteiger charge is 2.18. The molecule has 3 aromatic carbocycles. The van der Waals surface area contributed by atoms with Crippen molar-refractivity contribution in [3.63, 3.8) is 0 Å². The van der Waals surface area contributed by atoms with Crippen LogP contribution in [0.5, 0.6) is 0 Å². The highest BCUT2D eigenvalue weighted by molar-refractivity contribution is 7.92. The molecule has 140 valence electrons. The molecule has 7 nitrogen and oxygen atoms in total. The van der Waals surface area contributed by atoms with E-state index in [9.17, 15) is 13.2 Å². The first kappa shape index (κ1) is 17.7. The van der Waals surface area contributed by atoms with Gasteiger partial charge in [0.15, 0.2) is 0 Å². The number of aromatic nitrogens is 2. The molecule has 1 heterocycles. The average Bonchev–Trinajstić information content (AvgIpc) is 3.12. The fourth-order valence-electron chi connectivity index (χ4n) is 2.84. The van der Waals surface area contributed by atoms with Gasteiger partial charge in [0.1, 0.15) is 5.82 Å². The van der Waals surface area contributed by atoms with Crippen LogP contribution in [-0.4, -0.2) is 29.5 Å². The van der Waals surface area contributed by atoms with Gasteiger partial charge in [0.05, 0.1) is 27.2 Å². The molecule has 0 aliphatic heterocycles. The Labute approximate surface area is 160 Å². The maximum absolute atomic E-state index is 12.7. The van der Waals surface area contributed by atoms with Crippen molar-refractivity contribution >= 4 is 32.7 Å². The van der Waals surface area contributed by atoms with Gasteiger partial charge in [-0.05, 0) is 48.5 Å². The fourth-order valence-corrected chi connectivity index (χ4v) is 3.92. The molecule has 0 bridgehead atoms. The maximum atomic E-state index is 12.7. The highest BCUT2D eigenvalue weighted by atomic mass is 32.2. The lowest BCUT2D eigenvalue weighted by molar-refractivity contribution is 0.0696. The smallest absolute Gasteiger partial charge is 0.335 e. The molecule has 0 saturated heterocycles. The Balaban J connectivity index is 1.71. The number of anilines is 1. The third kappa shape index (κ3) is 3.33. The Morgan fingerprint density at radius 1 is 0.929 bits per heavy atom. The molecule has 0 spiro atoms. The number of carbonyl (C=O) groups is 1. The van der Waals surface area contributed by atoms with Gasteiger partial charge in [-0.3, -0.25) is 4.72 Å². The molecule has 0 aliphatic rings. The summed E-state index contributed by atoms with van der Waals surface area (Å²) in [6, 6.07) is 19.5. The van der Waals surface area contributed by atoms with Gasteiger partial charge in [-0.25, -0.2) is 18.2 Å². The van der Waals surface area contributed by atoms with Gasteiger partial charge in [-0.15, -0.1) is 0 Å². The van der Waals surface area contributed by atoms with E-state index in [0.717, 1.165) is 11.0 Å². The van der Waals surface area contributed by atoms with Crippen molar-refractivity contribution in [2.24, 2.45) is 0 Å². The van der Waals surface area contributed by atoms with Crippen LogP contribution in [-0.2, 0) is 10.0 Å². The third-order valence-electron chi connectivity index (χ3n) is 4.23. The number of aromatic carboxylic acids is 1. The molecule has 8 heteroatoms. The van der Waals surface area contributed by atoms with E-state index >= 15 is 0 Å². The van der Waals surface area contributed by atoms with Crippen LogP contribution in [0.3, 0.4) is 0 Å². The molecular formula is C20H15N3O4S. The number of hydrogen-bond acceptors (Lipinski definition) is 4. The standard InChI is InChI=1S/C20H15N3O4S/c24-20(25)13-9-11-14(12-10-13)28(26,27)23-16-6-2-1-5-15(16)19-21-17-7-3-4-8-18(17)22-19/h1-12,23H,(H,21,22)(H,24,25). The minimum absolute atomic E-state index is 0.0154. The molecule has 0 amide bonds. The molecule has 0 fully saturated rings. The second kappa shape index (κ2) is 6.82. The number of H-pyrrole nitrogens is 1. The SMILES string of the molecule is O=C(O)c1ccc(S(=O)(=O)Nc2ccccc2-c2nc3ccccc3[nH]2)cc1. The zero-order chi connectivity index (χ0) is 19.7. The molecule has 0 atom stereocenters. The van der Waals surface area contributed by atoms with Gasteiger partial charge in [0, 0.05) is 5.56 Å². The number of imidazole rings is 1. The van der Waals surface area contributed by atoms with Crippen LogP contribution in [0.2, 0.25) is 0 Å². The first-order valence-corrected chi connectivity index (χ1v) is 9.83. The molecule has 0 unspecified atom stereocenters. The second-order valence-electron chi connectivity index (χ2n) is 6.08. The van der Waals surface area contributed by atoms with Gasteiger partial charge in [-0.1, -0.05) is 24.3 Å². The summed E-state index contributed by atoms with van der Waals surface area (Å²) in [5.74, 6) is -0.576. The summed E-state index contributed by atoms with van der Waals surface area (Å²) in [7, 11) is -3.90. The number of nitrogens with zero attached hydrogens (tertiary/aromatic N) is 1. The predicted molar refractivity (Wildman–Crippen MR) is 106 cm³/mol. The normalized spacial score (nSPS) is 11.4. The molecule has 28 heavy (non-hydrogen) atoms. The third-order valence-corrected chi connectivity index (χ3v) is 5.61.